The molecule has 4 rings (SSSR count). The van der Waals surface area contributed by atoms with Gasteiger partial charge in [-0.1, -0.05) is 12.1 Å². The summed E-state index contributed by atoms with van der Waals surface area (Å²) in [5.41, 5.74) is 2.56. The Balaban J connectivity index is 1.41. The van der Waals surface area contributed by atoms with Crippen LogP contribution in [0.4, 0.5) is 5.69 Å². The van der Waals surface area contributed by atoms with E-state index in [0.717, 1.165) is 37.6 Å². The topological polar surface area (TPSA) is 93.0 Å². The maximum atomic E-state index is 12.9. The van der Waals surface area contributed by atoms with Crippen LogP contribution in [0.3, 0.4) is 0 Å². The predicted octanol–water partition coefficient (Wildman–Crippen LogP) is 3.21. The fraction of sp³-hybridized carbons (Fsp3) is 0.231. The van der Waals surface area contributed by atoms with E-state index < -0.39 is 11.8 Å². The highest BCUT2D eigenvalue weighted by atomic mass is 16.5. The van der Waals surface area contributed by atoms with Crippen molar-refractivity contribution in [2.45, 2.75) is 6.54 Å². The summed E-state index contributed by atoms with van der Waals surface area (Å²) in [6.07, 6.45) is 3.00. The Morgan fingerprint density at radius 1 is 1.03 bits per heavy atom. The van der Waals surface area contributed by atoms with Gasteiger partial charge in [0, 0.05) is 37.0 Å². The van der Waals surface area contributed by atoms with Gasteiger partial charge in [0.1, 0.15) is 17.2 Å². The summed E-state index contributed by atoms with van der Waals surface area (Å²) in [6.45, 7) is 3.50. The third-order valence-electron chi connectivity index (χ3n) is 5.44. The Labute approximate surface area is 198 Å². The summed E-state index contributed by atoms with van der Waals surface area (Å²) in [5.74, 6) is 0.260. The number of amides is 2. The van der Waals surface area contributed by atoms with Crippen LogP contribution >= 0.6 is 0 Å². The number of furan rings is 1. The second-order valence-electron chi connectivity index (χ2n) is 7.70. The minimum atomic E-state index is -0.421. The van der Waals surface area contributed by atoms with Gasteiger partial charge in [0.2, 0.25) is 0 Å². The Morgan fingerprint density at radius 2 is 1.76 bits per heavy atom. The summed E-state index contributed by atoms with van der Waals surface area (Å²) >= 11 is 0. The van der Waals surface area contributed by atoms with Crippen molar-refractivity contribution in [2.24, 2.45) is 0 Å². The average molecular weight is 462 g/mol. The van der Waals surface area contributed by atoms with E-state index in [1.165, 1.54) is 12.3 Å². The molecule has 3 aromatic rings. The number of morpholine rings is 1. The number of hydrogen-bond donors (Lipinski definition) is 2. The molecule has 0 spiro atoms. The van der Waals surface area contributed by atoms with E-state index in [1.807, 2.05) is 24.3 Å². The first-order valence-electron chi connectivity index (χ1n) is 11.0. The minimum Gasteiger partial charge on any atom is -0.497 e. The van der Waals surface area contributed by atoms with Crippen molar-refractivity contribution in [2.75, 3.05) is 38.3 Å². The van der Waals surface area contributed by atoms with Crippen molar-refractivity contribution < 1.29 is 23.5 Å². The third kappa shape index (κ3) is 6.05. The predicted molar refractivity (Wildman–Crippen MR) is 128 cm³/mol. The summed E-state index contributed by atoms with van der Waals surface area (Å²) in [4.78, 5) is 27.9. The Hall–Kier alpha value is -4.04. The molecule has 1 aliphatic heterocycles. The first-order chi connectivity index (χ1) is 16.6. The zero-order valence-electron chi connectivity index (χ0n) is 19.0. The second-order valence-corrected chi connectivity index (χ2v) is 7.70. The van der Waals surface area contributed by atoms with Gasteiger partial charge in [0.15, 0.2) is 0 Å². The maximum Gasteiger partial charge on any atom is 0.268 e. The lowest BCUT2D eigenvalue weighted by Gasteiger charge is -2.28. The van der Waals surface area contributed by atoms with Crippen molar-refractivity contribution in [3.8, 4) is 5.75 Å². The lowest BCUT2D eigenvalue weighted by molar-refractivity contribution is -0.117. The van der Waals surface area contributed by atoms with E-state index in [2.05, 4.69) is 15.5 Å². The number of nitrogens with zero attached hydrogens (tertiary/aromatic N) is 1. The van der Waals surface area contributed by atoms with Crippen LogP contribution in [0.5, 0.6) is 5.75 Å². The molecule has 1 saturated heterocycles. The highest BCUT2D eigenvalue weighted by Crippen LogP contribution is 2.17. The molecule has 0 radical (unpaired) electrons. The van der Waals surface area contributed by atoms with Gasteiger partial charge in [-0.2, -0.15) is 0 Å². The van der Waals surface area contributed by atoms with Gasteiger partial charge in [-0.3, -0.25) is 9.59 Å². The summed E-state index contributed by atoms with van der Waals surface area (Å²) in [5, 5.41) is 5.56. The Morgan fingerprint density at radius 3 is 2.41 bits per heavy atom. The third-order valence-corrected chi connectivity index (χ3v) is 5.44. The molecule has 0 unspecified atom stereocenters. The van der Waals surface area contributed by atoms with E-state index >= 15 is 0 Å². The van der Waals surface area contributed by atoms with E-state index in [0.29, 0.717) is 23.6 Å². The van der Waals surface area contributed by atoms with Crippen LogP contribution in [0.25, 0.3) is 6.08 Å². The average Bonchev–Trinajstić information content (AvgIpc) is 3.41. The van der Waals surface area contributed by atoms with E-state index in [1.54, 1.807) is 43.5 Å². The number of ether oxygens (including phenoxy) is 2. The first-order valence-corrected chi connectivity index (χ1v) is 11.0. The molecular formula is C26H27N3O5. The Kier molecular flexibility index (Phi) is 7.62. The number of rotatable bonds is 8. The van der Waals surface area contributed by atoms with Gasteiger partial charge in [-0.25, -0.2) is 0 Å². The van der Waals surface area contributed by atoms with Crippen LogP contribution in [-0.4, -0.2) is 45.2 Å². The highest BCUT2D eigenvalue weighted by Gasteiger charge is 2.16. The molecule has 2 heterocycles. The van der Waals surface area contributed by atoms with Crippen molar-refractivity contribution in [3.63, 3.8) is 0 Å². The molecule has 1 fully saturated rings. The number of nitrogens with one attached hydrogen (secondary N) is 2. The number of benzene rings is 2. The fourth-order valence-corrected chi connectivity index (χ4v) is 3.53. The van der Waals surface area contributed by atoms with Crippen LogP contribution in [0.2, 0.25) is 0 Å². The van der Waals surface area contributed by atoms with Gasteiger partial charge in [0.05, 0.1) is 26.6 Å². The van der Waals surface area contributed by atoms with Gasteiger partial charge < -0.3 is 29.4 Å². The van der Waals surface area contributed by atoms with Crippen molar-refractivity contribution in [1.82, 2.24) is 10.6 Å². The zero-order chi connectivity index (χ0) is 23.8. The normalized spacial score (nSPS) is 13.9. The van der Waals surface area contributed by atoms with Crippen LogP contribution in [0, 0.1) is 0 Å². The lowest BCUT2D eigenvalue weighted by atomic mass is 10.1. The number of methoxy groups -OCH3 is 1. The van der Waals surface area contributed by atoms with E-state index in [4.69, 9.17) is 13.9 Å². The molecule has 8 heteroatoms. The standard InChI is InChI=1S/C26H27N3O5/c1-32-22-10-6-20(7-11-22)25(30)28-24(17-23-3-2-14-34-23)26(31)27-18-19-4-8-21(9-5-19)29-12-15-33-16-13-29/h2-11,14,17H,12-13,15-16,18H2,1H3,(H,27,31)(H,28,30)/b24-17-. The quantitative estimate of drug-likeness (QED) is 0.501. The van der Waals surface area contributed by atoms with Gasteiger partial charge in [-0.05, 0) is 54.1 Å². The Bertz CT molecular complexity index is 1120. The van der Waals surface area contributed by atoms with Gasteiger partial charge in [0.25, 0.3) is 11.8 Å². The molecule has 1 aliphatic rings. The summed E-state index contributed by atoms with van der Waals surface area (Å²) < 4.78 is 15.9. The first kappa shape index (κ1) is 23.1. The van der Waals surface area contributed by atoms with Crippen LogP contribution in [0.15, 0.2) is 77.0 Å². The van der Waals surface area contributed by atoms with Crippen molar-refractivity contribution in [3.05, 3.63) is 89.5 Å². The SMILES string of the molecule is COc1ccc(C(=O)N/C(=C\c2ccco2)C(=O)NCc2ccc(N3CCOCC3)cc2)cc1. The lowest BCUT2D eigenvalue weighted by Crippen LogP contribution is -2.36. The molecule has 34 heavy (non-hydrogen) atoms. The molecule has 0 bridgehead atoms. The van der Waals surface area contributed by atoms with Crippen LogP contribution < -0.4 is 20.3 Å². The number of carbonyl (C=O) groups is 2. The highest BCUT2D eigenvalue weighted by molar-refractivity contribution is 6.05. The second kappa shape index (κ2) is 11.2. The monoisotopic (exact) mass is 461 g/mol. The van der Waals surface area contributed by atoms with Gasteiger partial charge in [-0.15, -0.1) is 0 Å². The minimum absolute atomic E-state index is 0.0840. The molecule has 2 N–H and O–H groups in total. The molecule has 0 aliphatic carbocycles. The number of hydrogen-bond acceptors (Lipinski definition) is 6. The van der Waals surface area contributed by atoms with Crippen LogP contribution in [-0.2, 0) is 16.1 Å². The summed E-state index contributed by atoms with van der Waals surface area (Å²) in [6, 6.07) is 18.1. The zero-order valence-corrected chi connectivity index (χ0v) is 19.0. The van der Waals surface area contributed by atoms with Crippen LogP contribution in [0.1, 0.15) is 21.7 Å². The number of anilines is 1. The molecule has 176 valence electrons. The van der Waals surface area contributed by atoms with Crippen molar-refractivity contribution in [1.29, 1.82) is 0 Å². The molecule has 8 nitrogen and oxygen atoms in total. The van der Waals surface area contributed by atoms with Gasteiger partial charge >= 0.3 is 0 Å². The fourth-order valence-electron chi connectivity index (χ4n) is 3.53. The smallest absolute Gasteiger partial charge is 0.268 e. The van der Waals surface area contributed by atoms with Crippen molar-refractivity contribution >= 4 is 23.6 Å². The molecule has 2 amide bonds. The summed E-state index contributed by atoms with van der Waals surface area (Å²) in [7, 11) is 1.56. The molecular weight excluding hydrogens is 434 g/mol. The molecule has 1 aromatic heterocycles. The maximum absolute atomic E-state index is 12.9. The molecule has 0 atom stereocenters. The largest absolute Gasteiger partial charge is 0.497 e. The van der Waals surface area contributed by atoms with E-state index in [9.17, 15) is 9.59 Å². The van der Waals surface area contributed by atoms with E-state index in [-0.39, 0.29) is 5.70 Å². The molecule has 0 saturated carbocycles. The number of carbonyl (C=O) groups excluding carboxylic acids is 2. The molecule has 2 aromatic carbocycles.